The fraction of sp³-hybridized carbons (Fsp3) is 0.286. The number of carbonyl (C=O) groups excluding carboxylic acids is 2. The zero-order valence-electron chi connectivity index (χ0n) is 16.2. The van der Waals surface area contributed by atoms with Gasteiger partial charge in [-0.05, 0) is 24.3 Å². The topological polar surface area (TPSA) is 140 Å². The Morgan fingerprint density at radius 2 is 1.17 bits per heavy atom. The molecule has 1 heterocycles. The van der Waals surface area contributed by atoms with E-state index in [1.807, 2.05) is 0 Å². The molecule has 162 valence electrons. The van der Waals surface area contributed by atoms with Crippen LogP contribution in [0, 0.1) is 0 Å². The fourth-order valence-corrected chi connectivity index (χ4v) is 2.07. The summed E-state index contributed by atoms with van der Waals surface area (Å²) >= 11 is 0. The van der Waals surface area contributed by atoms with Gasteiger partial charge in [0.1, 0.15) is 0 Å². The third-order valence-electron chi connectivity index (χ3n) is 3.42. The molecule has 0 unspecified atom stereocenters. The van der Waals surface area contributed by atoms with Crippen LogP contribution in [0.25, 0.3) is 0 Å². The number of rotatable bonds is 8. The number of hydrogen-bond donors (Lipinski definition) is 3. The number of benzene rings is 2. The lowest BCUT2D eigenvalue weighted by atomic mass is 10.1. The maximum Gasteiger partial charge on any atom is 0.346 e. The van der Waals surface area contributed by atoms with Crippen molar-refractivity contribution in [3.8, 4) is 0 Å². The Kier molecular flexibility index (Phi) is 12.3. The molecule has 0 amide bonds. The molecule has 0 radical (unpaired) electrons. The molecule has 2 aromatic rings. The molecule has 3 N–H and O–H groups in total. The summed E-state index contributed by atoms with van der Waals surface area (Å²) in [5, 5.41) is 24.9. The van der Waals surface area contributed by atoms with Gasteiger partial charge in [-0.25, -0.2) is 14.4 Å². The van der Waals surface area contributed by atoms with Crippen molar-refractivity contribution in [3.05, 3.63) is 71.3 Å². The third kappa shape index (κ3) is 9.39. The lowest BCUT2D eigenvalue weighted by Gasteiger charge is -2.01. The van der Waals surface area contributed by atoms with Gasteiger partial charge >= 0.3 is 17.9 Å². The van der Waals surface area contributed by atoms with E-state index in [0.29, 0.717) is 43.1 Å². The monoisotopic (exact) mass is 420 g/mol. The first-order chi connectivity index (χ1) is 14.5. The van der Waals surface area contributed by atoms with Crippen LogP contribution in [-0.2, 0) is 14.2 Å². The summed E-state index contributed by atoms with van der Waals surface area (Å²) in [4.78, 5) is 31.9. The molecule has 1 aliphatic rings. The summed E-state index contributed by atoms with van der Waals surface area (Å²) in [5.74, 6) is -1.98. The molecule has 0 atom stereocenters. The van der Waals surface area contributed by atoms with E-state index >= 15 is 0 Å². The Hall–Kier alpha value is -3.11. The largest absolute Gasteiger partial charge is 0.478 e. The highest BCUT2D eigenvalue weighted by Gasteiger charge is 2.28. The van der Waals surface area contributed by atoms with Gasteiger partial charge in [0.15, 0.2) is 0 Å². The van der Waals surface area contributed by atoms with Crippen LogP contribution in [0.15, 0.2) is 54.6 Å². The molecular weight excluding hydrogens is 396 g/mol. The number of carboxylic acid groups (broad SMARTS) is 1. The SMILES string of the molecule is O=C(O)c1ccccc1.O=C1OC(=O)c2ccccc21.OCCOCCOCCO. The van der Waals surface area contributed by atoms with Crippen molar-refractivity contribution in [2.24, 2.45) is 0 Å². The number of cyclic esters (lactones) is 2. The van der Waals surface area contributed by atoms with E-state index < -0.39 is 17.9 Å². The molecule has 30 heavy (non-hydrogen) atoms. The van der Waals surface area contributed by atoms with Gasteiger partial charge in [0.25, 0.3) is 0 Å². The Balaban J connectivity index is 0.000000227. The highest BCUT2D eigenvalue weighted by atomic mass is 16.6. The number of hydrogen-bond acceptors (Lipinski definition) is 8. The molecule has 2 aromatic carbocycles. The quantitative estimate of drug-likeness (QED) is 0.328. The van der Waals surface area contributed by atoms with Gasteiger partial charge in [-0.3, -0.25) is 0 Å². The van der Waals surface area contributed by atoms with Crippen LogP contribution in [0.5, 0.6) is 0 Å². The number of aliphatic hydroxyl groups excluding tert-OH is 2. The highest BCUT2D eigenvalue weighted by molar-refractivity contribution is 6.14. The summed E-state index contributed by atoms with van der Waals surface area (Å²) in [5.41, 5.74) is 1.05. The third-order valence-corrected chi connectivity index (χ3v) is 3.42. The molecule has 0 aliphatic carbocycles. The molecule has 0 saturated carbocycles. The van der Waals surface area contributed by atoms with Crippen molar-refractivity contribution < 1.29 is 43.9 Å². The van der Waals surface area contributed by atoms with Gasteiger partial charge in [-0.15, -0.1) is 0 Å². The molecule has 3 rings (SSSR count). The Morgan fingerprint density at radius 3 is 1.53 bits per heavy atom. The van der Waals surface area contributed by atoms with Crippen LogP contribution in [0.1, 0.15) is 31.1 Å². The summed E-state index contributed by atoms with van der Waals surface area (Å²) in [7, 11) is 0. The summed E-state index contributed by atoms with van der Waals surface area (Å²) in [6.07, 6.45) is 0. The van der Waals surface area contributed by atoms with E-state index in [-0.39, 0.29) is 13.2 Å². The Bertz CT molecular complexity index is 749. The first-order valence-electron chi connectivity index (χ1n) is 9.02. The zero-order chi connectivity index (χ0) is 22.2. The number of carboxylic acids is 1. The van der Waals surface area contributed by atoms with Crippen molar-refractivity contribution in [2.45, 2.75) is 0 Å². The van der Waals surface area contributed by atoms with E-state index in [2.05, 4.69) is 4.74 Å². The number of ether oxygens (including phenoxy) is 3. The summed E-state index contributed by atoms with van der Waals surface area (Å²) in [6, 6.07) is 14.8. The molecule has 0 bridgehead atoms. The predicted molar refractivity (Wildman–Crippen MR) is 105 cm³/mol. The molecule has 0 fully saturated rings. The average molecular weight is 420 g/mol. The molecule has 9 nitrogen and oxygen atoms in total. The lowest BCUT2D eigenvalue weighted by Crippen LogP contribution is -2.09. The normalized spacial score (nSPS) is 11.4. The van der Waals surface area contributed by atoms with Crippen LogP contribution in [0.4, 0.5) is 0 Å². The first-order valence-corrected chi connectivity index (χ1v) is 9.02. The average Bonchev–Trinajstić information content (AvgIpc) is 3.06. The van der Waals surface area contributed by atoms with Crippen LogP contribution >= 0.6 is 0 Å². The van der Waals surface area contributed by atoms with Crippen LogP contribution in [0.3, 0.4) is 0 Å². The molecule has 0 spiro atoms. The minimum atomic E-state index is -0.879. The van der Waals surface area contributed by atoms with Gasteiger partial charge in [0, 0.05) is 0 Å². The number of aliphatic hydroxyl groups is 2. The summed E-state index contributed by atoms with van der Waals surface area (Å²) in [6.45, 7) is 1.73. The second-order valence-electron chi connectivity index (χ2n) is 5.57. The van der Waals surface area contributed by atoms with Crippen LogP contribution in [-0.4, -0.2) is 72.9 Å². The maximum atomic E-state index is 10.8. The highest BCUT2D eigenvalue weighted by Crippen LogP contribution is 2.18. The van der Waals surface area contributed by atoms with Crippen molar-refractivity contribution in [2.75, 3.05) is 39.6 Å². The van der Waals surface area contributed by atoms with Crippen LogP contribution < -0.4 is 0 Å². The van der Waals surface area contributed by atoms with E-state index in [9.17, 15) is 14.4 Å². The number of aromatic carboxylic acids is 1. The zero-order valence-corrected chi connectivity index (χ0v) is 16.2. The first kappa shape index (κ1) is 24.9. The summed E-state index contributed by atoms with van der Waals surface area (Å²) < 4.78 is 14.1. The standard InChI is InChI=1S/C8H4O3.C7H6O2.C6H14O4/c9-7-5-3-1-2-4-6(5)8(10)11-7;8-7(9)6-4-2-1-3-5-6;7-1-3-9-5-6-10-4-2-8/h1-4H;1-5H,(H,8,9);7-8H,1-6H2. The van der Waals surface area contributed by atoms with Crippen LogP contribution in [0.2, 0.25) is 0 Å². The molecule has 1 aliphatic heterocycles. The van der Waals surface area contributed by atoms with E-state index in [1.165, 1.54) is 0 Å². The van der Waals surface area contributed by atoms with Gasteiger partial charge in [-0.2, -0.15) is 0 Å². The molecule has 9 heteroatoms. The predicted octanol–water partition coefficient (Wildman–Crippen LogP) is 1.39. The van der Waals surface area contributed by atoms with E-state index in [4.69, 9.17) is 24.8 Å². The van der Waals surface area contributed by atoms with Crippen molar-refractivity contribution >= 4 is 17.9 Å². The van der Waals surface area contributed by atoms with Crippen molar-refractivity contribution in [3.63, 3.8) is 0 Å². The van der Waals surface area contributed by atoms with Gasteiger partial charge in [0.2, 0.25) is 0 Å². The Labute approximate surface area is 173 Å². The number of fused-ring (bicyclic) bond motifs is 1. The van der Waals surface area contributed by atoms with E-state index in [0.717, 1.165) is 0 Å². The second kappa shape index (κ2) is 14.8. The maximum absolute atomic E-state index is 10.8. The molecule has 0 saturated heterocycles. The second-order valence-corrected chi connectivity index (χ2v) is 5.57. The minimum Gasteiger partial charge on any atom is -0.478 e. The van der Waals surface area contributed by atoms with Gasteiger partial charge in [0.05, 0.1) is 56.3 Å². The molecule has 0 aromatic heterocycles. The number of esters is 2. The van der Waals surface area contributed by atoms with Gasteiger partial charge in [-0.1, -0.05) is 30.3 Å². The minimum absolute atomic E-state index is 0.0417. The van der Waals surface area contributed by atoms with Crippen molar-refractivity contribution in [1.82, 2.24) is 0 Å². The number of carbonyl (C=O) groups is 3. The van der Waals surface area contributed by atoms with Crippen molar-refractivity contribution in [1.29, 1.82) is 0 Å². The molecular formula is C21H24O9. The lowest BCUT2D eigenvalue weighted by molar-refractivity contribution is 0.0222. The van der Waals surface area contributed by atoms with E-state index in [1.54, 1.807) is 54.6 Å². The fourth-order valence-electron chi connectivity index (χ4n) is 2.07. The smallest absolute Gasteiger partial charge is 0.346 e. The van der Waals surface area contributed by atoms with Gasteiger partial charge < -0.3 is 29.5 Å². The Morgan fingerprint density at radius 1 is 0.733 bits per heavy atom.